The number of esters is 2. The number of ether oxygens (including phenoxy) is 2. The lowest BCUT2D eigenvalue weighted by Crippen LogP contribution is -2.08. The zero-order valence-electron chi connectivity index (χ0n) is 14.6. The molecule has 0 aliphatic heterocycles. The number of carbonyl (C=O) groups excluding carboxylic acids is 2. The van der Waals surface area contributed by atoms with Gasteiger partial charge in [0.25, 0.3) is 0 Å². The topological polar surface area (TPSA) is 96.6 Å². The van der Waals surface area contributed by atoms with Crippen molar-refractivity contribution in [3.05, 3.63) is 61.3 Å². The molecule has 0 saturated heterocycles. The highest BCUT2D eigenvalue weighted by atomic mass is 16.5. The molecule has 0 amide bonds. The average molecular weight is 347 g/mol. The van der Waals surface area contributed by atoms with Crippen LogP contribution in [0.2, 0.25) is 0 Å². The van der Waals surface area contributed by atoms with E-state index in [2.05, 4.69) is 24.5 Å². The van der Waals surface area contributed by atoms with Gasteiger partial charge in [0.05, 0.1) is 30.4 Å². The third-order valence-electron chi connectivity index (χ3n) is 2.37. The van der Waals surface area contributed by atoms with Gasteiger partial charge in [-0.05, 0) is 18.6 Å². The number of unbranched alkanes of at least 4 members (excludes halogenated alkanes) is 1. The van der Waals surface area contributed by atoms with Gasteiger partial charge in [-0.2, -0.15) is 5.26 Å². The molecule has 0 aliphatic carbocycles. The third kappa shape index (κ3) is 15.8. The second kappa shape index (κ2) is 17.4. The molecule has 0 aromatic carbocycles. The number of nitrogens with zero attached hydrogens (tertiary/aromatic N) is 1. The smallest absolute Gasteiger partial charge is 0.337 e. The number of carbonyl (C=O) groups is 2. The summed E-state index contributed by atoms with van der Waals surface area (Å²) < 4.78 is 9.42. The van der Waals surface area contributed by atoms with Crippen molar-refractivity contribution in [1.29, 1.82) is 5.26 Å². The molecule has 0 saturated carbocycles. The molecule has 0 rings (SSSR count). The number of hydrogen-bond acceptors (Lipinski definition) is 6. The van der Waals surface area contributed by atoms with Gasteiger partial charge < -0.3 is 14.6 Å². The molecule has 0 heterocycles. The van der Waals surface area contributed by atoms with E-state index < -0.39 is 5.97 Å². The molecule has 0 unspecified atom stereocenters. The Morgan fingerprint density at radius 3 is 2.16 bits per heavy atom. The first-order valence-electron chi connectivity index (χ1n) is 7.62. The van der Waals surface area contributed by atoms with E-state index in [1.807, 2.05) is 6.92 Å². The lowest BCUT2D eigenvalue weighted by molar-refractivity contribution is -0.140. The average Bonchev–Trinajstić information content (AvgIpc) is 2.62. The summed E-state index contributed by atoms with van der Waals surface area (Å²) in [6.07, 6.45) is 9.11. The highest BCUT2D eigenvalue weighted by Crippen LogP contribution is 1.99. The zero-order chi connectivity index (χ0) is 19.5. The van der Waals surface area contributed by atoms with E-state index >= 15 is 0 Å². The van der Waals surface area contributed by atoms with Crippen molar-refractivity contribution in [3.8, 4) is 6.07 Å². The highest BCUT2D eigenvalue weighted by Gasteiger charge is 2.04. The van der Waals surface area contributed by atoms with Crippen molar-refractivity contribution in [1.82, 2.24) is 0 Å². The van der Waals surface area contributed by atoms with Gasteiger partial charge in [0.2, 0.25) is 0 Å². The molecular formula is C19H25NO5. The van der Waals surface area contributed by atoms with E-state index in [1.54, 1.807) is 24.3 Å². The maximum atomic E-state index is 11.1. The first-order chi connectivity index (χ1) is 11.9. The molecule has 0 aromatic rings. The van der Waals surface area contributed by atoms with Crippen LogP contribution in [0.1, 0.15) is 19.8 Å². The number of allylic oxidation sites excluding steroid dienone is 3. The molecule has 6 nitrogen and oxygen atoms in total. The first kappa shape index (κ1) is 24.3. The molecule has 0 atom stereocenters. The predicted molar refractivity (Wildman–Crippen MR) is 96.3 cm³/mol. The molecule has 6 heteroatoms. The van der Waals surface area contributed by atoms with E-state index in [1.165, 1.54) is 6.08 Å². The molecule has 136 valence electrons. The number of rotatable bonds is 10. The van der Waals surface area contributed by atoms with E-state index in [0.29, 0.717) is 12.2 Å². The fourth-order valence-corrected chi connectivity index (χ4v) is 1.09. The van der Waals surface area contributed by atoms with E-state index in [4.69, 9.17) is 15.1 Å². The Hall–Kier alpha value is -2.91. The predicted octanol–water partition coefficient (Wildman–Crippen LogP) is 2.79. The lowest BCUT2D eigenvalue weighted by Gasteiger charge is -2.02. The molecule has 0 radical (unpaired) electrons. The van der Waals surface area contributed by atoms with Gasteiger partial charge in [-0.25, -0.2) is 9.59 Å². The second-order valence-electron chi connectivity index (χ2n) is 4.46. The number of hydrogen-bond donors (Lipinski definition) is 1. The van der Waals surface area contributed by atoms with Crippen LogP contribution in [-0.2, 0) is 19.1 Å². The van der Waals surface area contributed by atoms with Crippen molar-refractivity contribution in [3.63, 3.8) is 0 Å². The monoisotopic (exact) mass is 347 g/mol. The molecule has 0 fully saturated rings. The third-order valence-corrected chi connectivity index (χ3v) is 2.37. The summed E-state index contributed by atoms with van der Waals surface area (Å²) in [6, 6.07) is 1.71. The normalized spacial score (nSPS) is 9.64. The molecule has 0 spiro atoms. The van der Waals surface area contributed by atoms with Gasteiger partial charge in [0.15, 0.2) is 0 Å². The van der Waals surface area contributed by atoms with Crippen LogP contribution in [-0.4, -0.2) is 36.9 Å². The van der Waals surface area contributed by atoms with E-state index in [-0.39, 0.29) is 24.8 Å². The first-order valence-corrected chi connectivity index (χ1v) is 7.62. The Kier molecular flexibility index (Phi) is 17.0. The van der Waals surface area contributed by atoms with Crippen LogP contribution in [0.5, 0.6) is 0 Å². The van der Waals surface area contributed by atoms with Crippen LogP contribution in [0.15, 0.2) is 61.3 Å². The molecule has 0 bridgehead atoms. The number of aliphatic hydroxyl groups excluding tert-OH is 1. The maximum Gasteiger partial charge on any atom is 0.337 e. The van der Waals surface area contributed by atoms with Crippen LogP contribution >= 0.6 is 0 Å². The number of aliphatic hydroxyl groups is 1. The van der Waals surface area contributed by atoms with Crippen molar-refractivity contribution >= 4 is 11.9 Å². The Morgan fingerprint density at radius 2 is 1.68 bits per heavy atom. The largest absolute Gasteiger partial charge is 0.462 e. The lowest BCUT2D eigenvalue weighted by atomic mass is 10.3. The summed E-state index contributed by atoms with van der Waals surface area (Å²) in [5.41, 5.74) is 0.445. The van der Waals surface area contributed by atoms with E-state index in [9.17, 15) is 9.59 Å². The number of nitriles is 1. The fraction of sp³-hybridized carbons (Fsp3) is 0.316. The maximum absolute atomic E-state index is 11.1. The summed E-state index contributed by atoms with van der Waals surface area (Å²) in [6.45, 7) is 12.6. The summed E-state index contributed by atoms with van der Waals surface area (Å²) in [5.74, 6) is -0.984. The minimum absolute atomic E-state index is 0.0573. The van der Waals surface area contributed by atoms with Gasteiger partial charge in [-0.1, -0.05) is 45.2 Å². The highest BCUT2D eigenvalue weighted by molar-refractivity contribution is 5.91. The Balaban J connectivity index is 0. The summed E-state index contributed by atoms with van der Waals surface area (Å²) in [5, 5.41) is 16.4. The molecular weight excluding hydrogens is 322 g/mol. The summed E-state index contributed by atoms with van der Waals surface area (Å²) >= 11 is 0. The van der Waals surface area contributed by atoms with Gasteiger partial charge >= 0.3 is 11.9 Å². The van der Waals surface area contributed by atoms with Crippen molar-refractivity contribution in [2.24, 2.45) is 0 Å². The van der Waals surface area contributed by atoms with Crippen molar-refractivity contribution < 1.29 is 24.2 Å². The molecule has 0 aliphatic rings. The van der Waals surface area contributed by atoms with Gasteiger partial charge in [0, 0.05) is 6.08 Å². The van der Waals surface area contributed by atoms with Crippen molar-refractivity contribution in [2.45, 2.75) is 19.8 Å². The van der Waals surface area contributed by atoms with Crippen LogP contribution in [0.4, 0.5) is 0 Å². The summed E-state index contributed by atoms with van der Waals surface area (Å²) in [4.78, 5) is 21.9. The van der Waals surface area contributed by atoms with Crippen molar-refractivity contribution in [2.75, 3.05) is 19.8 Å². The van der Waals surface area contributed by atoms with Gasteiger partial charge in [-0.15, -0.1) is 0 Å². The van der Waals surface area contributed by atoms with E-state index in [0.717, 1.165) is 18.9 Å². The standard InChI is InChI=1S/C11H16O2.C8H9NO3/c1-4-6-8-10(3)11(12)13-9-7-5-2;1-7(3-2-4-9)8(11)12-6-5-10/h4,6,8H,1,3,5,7,9H2,2H3;2-3,10H,1,5-6H2. The van der Waals surface area contributed by atoms with Crippen LogP contribution in [0.3, 0.4) is 0 Å². The second-order valence-corrected chi connectivity index (χ2v) is 4.46. The quantitative estimate of drug-likeness (QED) is 0.215. The Bertz CT molecular complexity index is 553. The van der Waals surface area contributed by atoms with Crippen LogP contribution in [0.25, 0.3) is 0 Å². The Morgan fingerprint density at radius 1 is 1.12 bits per heavy atom. The van der Waals surface area contributed by atoms with Crippen LogP contribution in [0, 0.1) is 11.3 Å². The zero-order valence-corrected chi connectivity index (χ0v) is 14.6. The van der Waals surface area contributed by atoms with Gasteiger partial charge in [-0.3, -0.25) is 0 Å². The summed E-state index contributed by atoms with van der Waals surface area (Å²) in [7, 11) is 0. The van der Waals surface area contributed by atoms with Crippen LogP contribution < -0.4 is 0 Å². The SMILES string of the molecule is C=C(C=CC#N)C(=O)OCCO.C=CC=CC(=C)C(=O)OCCCC. The minimum Gasteiger partial charge on any atom is -0.462 e. The molecule has 25 heavy (non-hydrogen) atoms. The van der Waals surface area contributed by atoms with Gasteiger partial charge in [0.1, 0.15) is 6.61 Å². The minimum atomic E-state index is -0.629. The molecule has 0 aromatic heterocycles. The molecule has 1 N–H and O–H groups in total. The fourth-order valence-electron chi connectivity index (χ4n) is 1.09. The Labute approximate surface area is 149 Å².